The van der Waals surface area contributed by atoms with E-state index in [1.54, 1.807) is 18.3 Å². The van der Waals surface area contributed by atoms with Crippen LogP contribution in [-0.4, -0.2) is 18.1 Å². The maximum absolute atomic E-state index is 11.0. The van der Waals surface area contributed by atoms with Gasteiger partial charge in [-0.3, -0.25) is 4.79 Å². The van der Waals surface area contributed by atoms with Gasteiger partial charge in [0, 0.05) is 12.2 Å². The lowest BCUT2D eigenvalue weighted by molar-refractivity contribution is -0.141. The Morgan fingerprint density at radius 1 is 1.73 bits per heavy atom. The summed E-state index contributed by atoms with van der Waals surface area (Å²) in [5.41, 5.74) is 6.65. The third-order valence-electron chi connectivity index (χ3n) is 1.79. The third kappa shape index (κ3) is 4.59. The van der Waals surface area contributed by atoms with Crippen molar-refractivity contribution in [2.45, 2.75) is 12.5 Å². The normalized spacial score (nSPS) is 11.4. The molecule has 0 spiro atoms. The average molecular weight is 296 g/mol. The molecule has 1 aromatic rings. The van der Waals surface area contributed by atoms with E-state index in [-0.39, 0.29) is 30.8 Å². The number of halogens is 2. The molecule has 0 amide bonds. The van der Waals surface area contributed by atoms with E-state index < -0.39 is 0 Å². The van der Waals surface area contributed by atoms with Crippen LogP contribution >= 0.6 is 28.3 Å². The van der Waals surface area contributed by atoms with E-state index in [1.165, 1.54) is 7.11 Å². The lowest BCUT2D eigenvalue weighted by Gasteiger charge is -2.10. The monoisotopic (exact) mass is 294 g/mol. The highest BCUT2D eigenvalue weighted by Crippen LogP contribution is 2.17. The number of aromatic nitrogens is 1. The number of rotatable bonds is 3. The number of hydrogen-bond donors (Lipinski definition) is 1. The molecule has 0 radical (unpaired) electrons. The first-order chi connectivity index (χ1) is 6.63. The van der Waals surface area contributed by atoms with Crippen molar-refractivity contribution in [1.29, 1.82) is 0 Å². The molecule has 0 aliphatic heterocycles. The van der Waals surface area contributed by atoms with E-state index in [2.05, 4.69) is 25.7 Å². The largest absolute Gasteiger partial charge is 0.469 e. The van der Waals surface area contributed by atoms with Crippen molar-refractivity contribution in [3.63, 3.8) is 0 Å². The first kappa shape index (κ1) is 14.3. The number of hydrogen-bond acceptors (Lipinski definition) is 4. The van der Waals surface area contributed by atoms with Crippen LogP contribution in [0.5, 0.6) is 0 Å². The minimum atomic E-state index is -0.346. The van der Waals surface area contributed by atoms with Crippen LogP contribution in [0.4, 0.5) is 0 Å². The molecule has 4 nitrogen and oxygen atoms in total. The predicted molar refractivity (Wildman–Crippen MR) is 62.7 cm³/mol. The molecule has 0 aliphatic carbocycles. The van der Waals surface area contributed by atoms with Crippen LogP contribution in [-0.2, 0) is 9.53 Å². The third-order valence-corrected chi connectivity index (χ3v) is 2.23. The highest BCUT2D eigenvalue weighted by atomic mass is 79.9. The molecular formula is C9H12BrClN2O2. The summed E-state index contributed by atoms with van der Waals surface area (Å²) in [5, 5.41) is 0. The average Bonchev–Trinajstić information content (AvgIpc) is 2.17. The molecule has 0 aliphatic rings. The van der Waals surface area contributed by atoms with E-state index in [9.17, 15) is 4.79 Å². The van der Waals surface area contributed by atoms with Gasteiger partial charge in [-0.05, 0) is 33.6 Å². The van der Waals surface area contributed by atoms with Crippen molar-refractivity contribution in [1.82, 2.24) is 4.98 Å². The van der Waals surface area contributed by atoms with E-state index in [0.29, 0.717) is 4.60 Å². The Morgan fingerprint density at radius 3 is 2.93 bits per heavy atom. The van der Waals surface area contributed by atoms with E-state index >= 15 is 0 Å². The number of nitrogens with zero attached hydrogens (tertiary/aromatic N) is 1. The molecule has 6 heteroatoms. The summed E-state index contributed by atoms with van der Waals surface area (Å²) < 4.78 is 5.23. The van der Waals surface area contributed by atoms with Gasteiger partial charge in [0.05, 0.1) is 13.5 Å². The maximum Gasteiger partial charge on any atom is 0.307 e. The van der Waals surface area contributed by atoms with Crippen molar-refractivity contribution in [3.05, 3.63) is 28.5 Å². The molecule has 0 saturated carbocycles. The zero-order valence-corrected chi connectivity index (χ0v) is 10.5. The number of ether oxygens (including phenoxy) is 1. The Labute approximate surface area is 103 Å². The van der Waals surface area contributed by atoms with Gasteiger partial charge in [-0.2, -0.15) is 0 Å². The van der Waals surface area contributed by atoms with Crippen molar-refractivity contribution in [2.24, 2.45) is 5.73 Å². The van der Waals surface area contributed by atoms with E-state index in [0.717, 1.165) is 5.56 Å². The number of pyridine rings is 1. The fourth-order valence-electron chi connectivity index (χ4n) is 1.03. The number of esters is 1. The zero-order chi connectivity index (χ0) is 10.6. The molecule has 1 atom stereocenters. The van der Waals surface area contributed by atoms with Gasteiger partial charge in [-0.15, -0.1) is 12.4 Å². The van der Waals surface area contributed by atoms with Crippen LogP contribution in [0.1, 0.15) is 18.0 Å². The second-order valence-electron chi connectivity index (χ2n) is 2.80. The number of carbonyl (C=O) groups is 1. The topological polar surface area (TPSA) is 65.2 Å². The SMILES string of the molecule is COC(=O)C[C@@H](N)c1ccnc(Br)c1.Cl. The summed E-state index contributed by atoms with van der Waals surface area (Å²) in [6.07, 6.45) is 1.81. The van der Waals surface area contributed by atoms with Gasteiger partial charge < -0.3 is 10.5 Å². The molecule has 0 bridgehead atoms. The molecule has 1 heterocycles. The van der Waals surface area contributed by atoms with Crippen molar-refractivity contribution in [2.75, 3.05) is 7.11 Å². The Kier molecular flexibility index (Phi) is 6.47. The quantitative estimate of drug-likeness (QED) is 0.682. The molecular weight excluding hydrogens is 283 g/mol. The van der Waals surface area contributed by atoms with Crippen LogP contribution in [0.3, 0.4) is 0 Å². The molecule has 0 unspecified atom stereocenters. The lowest BCUT2D eigenvalue weighted by atomic mass is 10.1. The molecule has 15 heavy (non-hydrogen) atoms. The molecule has 0 aromatic carbocycles. The molecule has 1 aromatic heterocycles. The minimum absolute atomic E-state index is 0. The second kappa shape index (κ2) is 6.76. The zero-order valence-electron chi connectivity index (χ0n) is 8.14. The summed E-state index contributed by atoms with van der Waals surface area (Å²) in [5.74, 6) is -0.314. The summed E-state index contributed by atoms with van der Waals surface area (Å²) in [7, 11) is 1.34. The van der Waals surface area contributed by atoms with Gasteiger partial charge in [-0.1, -0.05) is 0 Å². The molecule has 2 N–H and O–H groups in total. The highest BCUT2D eigenvalue weighted by Gasteiger charge is 2.11. The molecule has 0 fully saturated rings. The maximum atomic E-state index is 11.0. The summed E-state index contributed by atoms with van der Waals surface area (Å²) >= 11 is 3.23. The van der Waals surface area contributed by atoms with Crippen LogP contribution in [0, 0.1) is 0 Å². The van der Waals surface area contributed by atoms with Gasteiger partial charge in [-0.25, -0.2) is 4.98 Å². The van der Waals surface area contributed by atoms with Crippen LogP contribution in [0.15, 0.2) is 22.9 Å². The standard InChI is InChI=1S/C9H11BrN2O2.ClH/c1-14-9(13)5-7(11)6-2-3-12-8(10)4-6;/h2-4,7H,5,11H2,1H3;1H/t7-;/m1./s1. The van der Waals surface area contributed by atoms with Gasteiger partial charge in [0.1, 0.15) is 4.60 Å². The number of methoxy groups -OCH3 is 1. The van der Waals surface area contributed by atoms with E-state index in [4.69, 9.17) is 5.73 Å². The van der Waals surface area contributed by atoms with Gasteiger partial charge >= 0.3 is 5.97 Å². The molecule has 84 valence electrons. The fraction of sp³-hybridized carbons (Fsp3) is 0.333. The molecule has 0 saturated heterocycles. The van der Waals surface area contributed by atoms with Crippen molar-refractivity contribution in [3.8, 4) is 0 Å². The van der Waals surface area contributed by atoms with Crippen LogP contribution < -0.4 is 5.73 Å². The highest BCUT2D eigenvalue weighted by molar-refractivity contribution is 9.10. The van der Waals surface area contributed by atoms with E-state index in [1.807, 2.05) is 0 Å². The summed E-state index contributed by atoms with van der Waals surface area (Å²) in [4.78, 5) is 14.9. The van der Waals surface area contributed by atoms with Gasteiger partial charge in [0.2, 0.25) is 0 Å². The predicted octanol–water partition coefficient (Wildman–Crippen LogP) is 1.83. The van der Waals surface area contributed by atoms with Crippen molar-refractivity contribution >= 4 is 34.3 Å². The Bertz CT molecular complexity index is 336. The fourth-order valence-corrected chi connectivity index (χ4v) is 1.41. The second-order valence-corrected chi connectivity index (χ2v) is 3.61. The minimum Gasteiger partial charge on any atom is -0.469 e. The Morgan fingerprint density at radius 2 is 2.40 bits per heavy atom. The number of nitrogens with two attached hydrogens (primary N) is 1. The Hall–Kier alpha value is -0.650. The van der Waals surface area contributed by atoms with Crippen LogP contribution in [0.25, 0.3) is 0 Å². The first-order valence-electron chi connectivity index (χ1n) is 4.07. The molecule has 1 rings (SSSR count). The van der Waals surface area contributed by atoms with Crippen molar-refractivity contribution < 1.29 is 9.53 Å². The van der Waals surface area contributed by atoms with Crippen LogP contribution in [0.2, 0.25) is 0 Å². The summed E-state index contributed by atoms with van der Waals surface area (Å²) in [6.45, 7) is 0. The van der Waals surface area contributed by atoms with Gasteiger partial charge in [0.25, 0.3) is 0 Å². The lowest BCUT2D eigenvalue weighted by Crippen LogP contribution is -2.16. The summed E-state index contributed by atoms with van der Waals surface area (Å²) in [6, 6.07) is 3.22. The Balaban J connectivity index is 0.00000196. The van der Waals surface area contributed by atoms with Gasteiger partial charge in [0.15, 0.2) is 0 Å². The first-order valence-corrected chi connectivity index (χ1v) is 4.86. The smallest absolute Gasteiger partial charge is 0.307 e. The number of carbonyl (C=O) groups excluding carboxylic acids is 1.